The Morgan fingerprint density at radius 1 is 1.16 bits per heavy atom. The number of aromatic nitrogens is 1. The van der Waals surface area contributed by atoms with E-state index in [9.17, 15) is 9.90 Å². The molecule has 0 unspecified atom stereocenters. The molecule has 2 aromatic rings. The zero-order valence-electron chi connectivity index (χ0n) is 22.9. The molecule has 1 aromatic carbocycles. The number of carboxylic acid groups (broad SMARTS) is 1. The number of piperidine rings is 1. The van der Waals surface area contributed by atoms with Crippen molar-refractivity contribution in [2.24, 2.45) is 11.1 Å². The lowest BCUT2D eigenvalue weighted by molar-refractivity contribution is -0.136. The molecule has 7 heteroatoms. The predicted octanol–water partition coefficient (Wildman–Crippen LogP) is 4.86. The number of rotatable bonds is 7. The van der Waals surface area contributed by atoms with Crippen molar-refractivity contribution in [2.45, 2.75) is 66.8 Å². The highest BCUT2D eigenvalue weighted by molar-refractivity contribution is 5.96. The standard InChI is InChI=1S/C30H41N5O2/c1-19(32)25(16-31)18-34-11-8-22-14-23(6-7-24(22)17-34)28-21(3)33-20(2)26(15-27(36)37)29(28)35-12-9-30(4,5)10-13-35/h6-7,14,16,32H,8-13,15,17-18,31H2,1-5H3,(H,36,37)/b25-16-,32-19?. The third-order valence-corrected chi connectivity index (χ3v) is 8.08. The summed E-state index contributed by atoms with van der Waals surface area (Å²) in [5.41, 5.74) is 15.9. The first-order chi connectivity index (χ1) is 17.5. The molecular weight excluding hydrogens is 462 g/mol. The van der Waals surface area contributed by atoms with Crippen molar-refractivity contribution in [3.8, 4) is 11.1 Å². The Morgan fingerprint density at radius 3 is 2.49 bits per heavy atom. The van der Waals surface area contributed by atoms with E-state index in [0.717, 1.165) is 84.8 Å². The molecule has 198 valence electrons. The lowest BCUT2D eigenvalue weighted by Gasteiger charge is -2.40. The van der Waals surface area contributed by atoms with Crippen LogP contribution >= 0.6 is 0 Å². The topological polar surface area (TPSA) is 107 Å². The molecule has 2 aliphatic rings. The van der Waals surface area contributed by atoms with Crippen molar-refractivity contribution in [3.63, 3.8) is 0 Å². The number of benzene rings is 1. The van der Waals surface area contributed by atoms with Gasteiger partial charge in [-0.1, -0.05) is 32.0 Å². The first-order valence-corrected chi connectivity index (χ1v) is 13.3. The highest BCUT2D eigenvalue weighted by Gasteiger charge is 2.30. The van der Waals surface area contributed by atoms with Gasteiger partial charge in [-0.05, 0) is 62.1 Å². The fraction of sp³-hybridized carbons (Fsp3) is 0.500. The molecule has 0 aliphatic carbocycles. The zero-order chi connectivity index (χ0) is 26.9. The van der Waals surface area contributed by atoms with Gasteiger partial charge in [0.05, 0.1) is 12.1 Å². The van der Waals surface area contributed by atoms with Gasteiger partial charge in [0.1, 0.15) is 0 Å². The van der Waals surface area contributed by atoms with Crippen molar-refractivity contribution in [1.29, 1.82) is 5.41 Å². The van der Waals surface area contributed by atoms with Crippen LogP contribution in [0.15, 0.2) is 30.0 Å². The molecule has 0 radical (unpaired) electrons. The molecule has 0 bridgehead atoms. The van der Waals surface area contributed by atoms with Gasteiger partial charge in [0.25, 0.3) is 0 Å². The van der Waals surface area contributed by atoms with Crippen LogP contribution in [0.5, 0.6) is 0 Å². The van der Waals surface area contributed by atoms with Crippen LogP contribution in [0, 0.1) is 24.7 Å². The molecule has 3 heterocycles. The van der Waals surface area contributed by atoms with Gasteiger partial charge in [0.15, 0.2) is 0 Å². The molecule has 1 fully saturated rings. The summed E-state index contributed by atoms with van der Waals surface area (Å²) in [5.74, 6) is -0.824. The van der Waals surface area contributed by atoms with E-state index in [-0.39, 0.29) is 6.42 Å². The lowest BCUT2D eigenvalue weighted by Crippen LogP contribution is -2.38. The Bertz CT molecular complexity index is 1240. The van der Waals surface area contributed by atoms with E-state index in [2.05, 4.69) is 41.8 Å². The largest absolute Gasteiger partial charge is 0.481 e. The van der Waals surface area contributed by atoms with E-state index in [4.69, 9.17) is 16.1 Å². The molecule has 2 aliphatic heterocycles. The minimum Gasteiger partial charge on any atom is -0.481 e. The van der Waals surface area contributed by atoms with Crippen LogP contribution in [-0.2, 0) is 24.2 Å². The van der Waals surface area contributed by atoms with Crippen molar-refractivity contribution in [2.75, 3.05) is 31.1 Å². The molecule has 0 spiro atoms. The summed E-state index contributed by atoms with van der Waals surface area (Å²) in [6.07, 6.45) is 4.60. The van der Waals surface area contributed by atoms with Gasteiger partial charge in [-0.3, -0.25) is 14.7 Å². The number of carbonyl (C=O) groups is 1. The van der Waals surface area contributed by atoms with E-state index in [1.54, 1.807) is 13.1 Å². The number of pyridine rings is 1. The Balaban J connectivity index is 1.73. The highest BCUT2D eigenvalue weighted by Crippen LogP contribution is 2.42. The monoisotopic (exact) mass is 503 g/mol. The third-order valence-electron chi connectivity index (χ3n) is 8.08. The summed E-state index contributed by atoms with van der Waals surface area (Å²) >= 11 is 0. The van der Waals surface area contributed by atoms with Gasteiger partial charge in [-0.2, -0.15) is 0 Å². The third kappa shape index (κ3) is 5.87. The minimum atomic E-state index is -0.824. The average molecular weight is 504 g/mol. The fourth-order valence-corrected chi connectivity index (χ4v) is 5.70. The molecule has 0 saturated carbocycles. The molecule has 37 heavy (non-hydrogen) atoms. The average Bonchev–Trinajstić information content (AvgIpc) is 2.83. The molecule has 4 rings (SSSR count). The van der Waals surface area contributed by atoms with Gasteiger partial charge in [-0.15, -0.1) is 0 Å². The Morgan fingerprint density at radius 2 is 1.86 bits per heavy atom. The SMILES string of the molecule is CC(=N)/C(=C\N)CN1CCc2cc(-c3c(C)nc(C)c(CC(=O)O)c3N3CCC(C)(C)CC3)ccc2C1. The highest BCUT2D eigenvalue weighted by atomic mass is 16.4. The van der Waals surface area contributed by atoms with E-state index < -0.39 is 5.97 Å². The van der Waals surface area contributed by atoms with E-state index in [0.29, 0.717) is 17.7 Å². The van der Waals surface area contributed by atoms with Crippen molar-refractivity contribution in [1.82, 2.24) is 9.88 Å². The first-order valence-electron chi connectivity index (χ1n) is 13.3. The summed E-state index contributed by atoms with van der Waals surface area (Å²) in [6.45, 7) is 14.6. The van der Waals surface area contributed by atoms with E-state index >= 15 is 0 Å². The molecule has 1 saturated heterocycles. The first kappa shape index (κ1) is 26.9. The molecule has 4 N–H and O–H groups in total. The maximum absolute atomic E-state index is 11.9. The second kappa shape index (κ2) is 10.7. The Hall–Kier alpha value is -3.19. The number of nitrogens with zero attached hydrogens (tertiary/aromatic N) is 3. The number of aryl methyl sites for hydroxylation is 2. The molecule has 7 nitrogen and oxygen atoms in total. The quantitative estimate of drug-likeness (QED) is 0.466. The minimum absolute atomic E-state index is 0.0231. The van der Waals surface area contributed by atoms with Crippen LogP contribution in [0.3, 0.4) is 0 Å². The van der Waals surface area contributed by atoms with Crippen LogP contribution in [0.4, 0.5) is 5.69 Å². The summed E-state index contributed by atoms with van der Waals surface area (Å²) < 4.78 is 0. The summed E-state index contributed by atoms with van der Waals surface area (Å²) in [7, 11) is 0. The number of carboxylic acids is 1. The number of nitrogens with two attached hydrogens (primary N) is 1. The van der Waals surface area contributed by atoms with Crippen LogP contribution in [0.2, 0.25) is 0 Å². The number of nitrogens with one attached hydrogen (secondary N) is 1. The second-order valence-electron chi connectivity index (χ2n) is 11.5. The van der Waals surface area contributed by atoms with Crippen LogP contribution in [0.1, 0.15) is 61.7 Å². The second-order valence-corrected chi connectivity index (χ2v) is 11.5. The normalized spacial score (nSPS) is 18.0. The number of hydrogen-bond donors (Lipinski definition) is 3. The Labute approximate surface area is 220 Å². The fourth-order valence-electron chi connectivity index (χ4n) is 5.70. The maximum atomic E-state index is 11.9. The lowest BCUT2D eigenvalue weighted by atomic mass is 9.82. The number of anilines is 1. The molecule has 0 amide bonds. The van der Waals surface area contributed by atoms with Crippen molar-refractivity contribution in [3.05, 3.63) is 58.1 Å². The van der Waals surface area contributed by atoms with E-state index in [1.807, 2.05) is 13.8 Å². The summed E-state index contributed by atoms with van der Waals surface area (Å²) in [5, 5.41) is 17.7. The van der Waals surface area contributed by atoms with Crippen LogP contribution < -0.4 is 10.6 Å². The summed E-state index contributed by atoms with van der Waals surface area (Å²) in [4.78, 5) is 21.5. The van der Waals surface area contributed by atoms with Gasteiger partial charge in [-0.25, -0.2) is 0 Å². The van der Waals surface area contributed by atoms with E-state index in [1.165, 1.54) is 11.1 Å². The summed E-state index contributed by atoms with van der Waals surface area (Å²) in [6, 6.07) is 6.67. The number of aliphatic carboxylic acids is 1. The zero-order valence-corrected chi connectivity index (χ0v) is 22.9. The van der Waals surface area contributed by atoms with Gasteiger partial charge >= 0.3 is 5.97 Å². The predicted molar refractivity (Wildman–Crippen MR) is 150 cm³/mol. The van der Waals surface area contributed by atoms with Gasteiger partial charge in [0, 0.05) is 72.7 Å². The van der Waals surface area contributed by atoms with Crippen LogP contribution in [-0.4, -0.2) is 52.9 Å². The van der Waals surface area contributed by atoms with Crippen molar-refractivity contribution < 1.29 is 9.90 Å². The number of fused-ring (bicyclic) bond motifs is 1. The van der Waals surface area contributed by atoms with Gasteiger partial charge < -0.3 is 21.1 Å². The molecule has 1 aromatic heterocycles. The van der Waals surface area contributed by atoms with Crippen LogP contribution in [0.25, 0.3) is 11.1 Å². The number of hydrogen-bond acceptors (Lipinski definition) is 6. The molecule has 0 atom stereocenters. The van der Waals surface area contributed by atoms with Crippen molar-refractivity contribution >= 4 is 17.4 Å². The smallest absolute Gasteiger partial charge is 0.307 e. The maximum Gasteiger partial charge on any atom is 0.307 e. The Kier molecular flexibility index (Phi) is 7.74. The molecular formula is C30H41N5O2. The van der Waals surface area contributed by atoms with Gasteiger partial charge in [0.2, 0.25) is 0 Å².